The summed E-state index contributed by atoms with van der Waals surface area (Å²) in [6.45, 7) is 4.48. The molecule has 112 valence electrons. The molecule has 0 radical (unpaired) electrons. The SMILES string of the molecule is CCCC1CCCCN1CCC(O)c1ccccc1Br. The number of hydrogen-bond donors (Lipinski definition) is 1. The molecule has 2 nitrogen and oxygen atoms in total. The van der Waals surface area contributed by atoms with Crippen LogP contribution >= 0.6 is 15.9 Å². The summed E-state index contributed by atoms with van der Waals surface area (Å²) in [5, 5.41) is 10.4. The van der Waals surface area contributed by atoms with Crippen molar-refractivity contribution in [2.75, 3.05) is 13.1 Å². The summed E-state index contributed by atoms with van der Waals surface area (Å²) in [7, 11) is 0. The Hall–Kier alpha value is -0.380. The summed E-state index contributed by atoms with van der Waals surface area (Å²) >= 11 is 3.53. The fraction of sp³-hybridized carbons (Fsp3) is 0.647. The van der Waals surface area contributed by atoms with E-state index in [9.17, 15) is 5.11 Å². The highest BCUT2D eigenvalue weighted by atomic mass is 79.9. The standard InChI is InChI=1S/C17H26BrNO/c1-2-7-14-8-5-6-12-19(14)13-11-17(20)15-9-3-4-10-16(15)18/h3-4,9-10,14,17,20H,2,5-8,11-13H2,1H3. The maximum Gasteiger partial charge on any atom is 0.0813 e. The van der Waals surface area contributed by atoms with Crippen molar-refractivity contribution in [1.82, 2.24) is 4.90 Å². The van der Waals surface area contributed by atoms with E-state index in [4.69, 9.17) is 0 Å². The van der Waals surface area contributed by atoms with Gasteiger partial charge in [-0.3, -0.25) is 0 Å². The van der Waals surface area contributed by atoms with Gasteiger partial charge in [0.1, 0.15) is 0 Å². The summed E-state index contributed by atoms with van der Waals surface area (Å²) < 4.78 is 1.01. The first-order chi connectivity index (χ1) is 9.72. The molecule has 20 heavy (non-hydrogen) atoms. The van der Waals surface area contributed by atoms with Crippen molar-refractivity contribution >= 4 is 15.9 Å². The highest BCUT2D eigenvalue weighted by Gasteiger charge is 2.22. The minimum absolute atomic E-state index is 0.366. The summed E-state index contributed by atoms with van der Waals surface area (Å²) in [4.78, 5) is 2.59. The van der Waals surface area contributed by atoms with E-state index in [0.717, 1.165) is 29.0 Å². The average molecular weight is 340 g/mol. The average Bonchev–Trinajstić information content (AvgIpc) is 2.47. The zero-order valence-electron chi connectivity index (χ0n) is 12.4. The monoisotopic (exact) mass is 339 g/mol. The third kappa shape index (κ3) is 4.31. The highest BCUT2D eigenvalue weighted by Crippen LogP contribution is 2.27. The Morgan fingerprint density at radius 1 is 1.35 bits per heavy atom. The number of aliphatic hydroxyl groups excluding tert-OH is 1. The van der Waals surface area contributed by atoms with E-state index >= 15 is 0 Å². The molecule has 1 fully saturated rings. The third-order valence-electron chi connectivity index (χ3n) is 4.32. The molecule has 1 saturated heterocycles. The van der Waals surface area contributed by atoms with Gasteiger partial charge < -0.3 is 10.0 Å². The normalized spacial score (nSPS) is 21.9. The molecule has 1 N–H and O–H groups in total. The van der Waals surface area contributed by atoms with E-state index in [1.165, 1.54) is 38.6 Å². The van der Waals surface area contributed by atoms with Crippen molar-refractivity contribution in [1.29, 1.82) is 0 Å². The molecule has 0 saturated carbocycles. The first-order valence-electron chi connectivity index (χ1n) is 7.89. The maximum atomic E-state index is 10.4. The van der Waals surface area contributed by atoms with Crippen molar-refractivity contribution in [3.05, 3.63) is 34.3 Å². The summed E-state index contributed by atoms with van der Waals surface area (Å²) in [6, 6.07) is 8.72. The summed E-state index contributed by atoms with van der Waals surface area (Å²) in [5.74, 6) is 0. The lowest BCUT2D eigenvalue weighted by Crippen LogP contribution is -2.40. The quantitative estimate of drug-likeness (QED) is 0.823. The van der Waals surface area contributed by atoms with Gasteiger partial charge in [0.05, 0.1) is 6.10 Å². The van der Waals surface area contributed by atoms with Crippen molar-refractivity contribution in [3.63, 3.8) is 0 Å². The van der Waals surface area contributed by atoms with Crippen molar-refractivity contribution in [2.45, 2.75) is 57.6 Å². The van der Waals surface area contributed by atoms with E-state index in [1.807, 2.05) is 24.3 Å². The van der Waals surface area contributed by atoms with Crippen molar-refractivity contribution in [2.24, 2.45) is 0 Å². The Morgan fingerprint density at radius 3 is 2.90 bits per heavy atom. The summed E-state index contributed by atoms with van der Waals surface area (Å²) in [5.41, 5.74) is 1.01. The minimum Gasteiger partial charge on any atom is -0.388 e. The van der Waals surface area contributed by atoms with Crippen LogP contribution < -0.4 is 0 Å². The Morgan fingerprint density at radius 2 is 2.15 bits per heavy atom. The smallest absolute Gasteiger partial charge is 0.0813 e. The molecular formula is C17H26BrNO. The van der Waals surface area contributed by atoms with Crippen LogP contribution in [0.1, 0.15) is 57.1 Å². The van der Waals surface area contributed by atoms with Gasteiger partial charge >= 0.3 is 0 Å². The molecule has 3 heteroatoms. The molecule has 1 aromatic carbocycles. The fourth-order valence-electron chi connectivity index (χ4n) is 3.20. The number of benzene rings is 1. The fourth-order valence-corrected chi connectivity index (χ4v) is 3.75. The van der Waals surface area contributed by atoms with E-state index in [1.54, 1.807) is 0 Å². The molecule has 0 aliphatic carbocycles. The zero-order valence-corrected chi connectivity index (χ0v) is 14.0. The van der Waals surface area contributed by atoms with Gasteiger partial charge in [-0.05, 0) is 43.9 Å². The van der Waals surface area contributed by atoms with Crippen LogP contribution in [0.2, 0.25) is 0 Å². The second-order valence-corrected chi connectivity index (χ2v) is 6.65. The predicted molar refractivity (Wildman–Crippen MR) is 87.8 cm³/mol. The van der Waals surface area contributed by atoms with E-state index in [2.05, 4.69) is 27.8 Å². The number of halogens is 1. The number of aliphatic hydroxyl groups is 1. The first kappa shape index (κ1) is 16.0. The maximum absolute atomic E-state index is 10.4. The summed E-state index contributed by atoms with van der Waals surface area (Å²) in [6.07, 6.45) is 7.02. The van der Waals surface area contributed by atoms with Gasteiger partial charge in [-0.1, -0.05) is 53.9 Å². The zero-order chi connectivity index (χ0) is 14.4. The van der Waals surface area contributed by atoms with Gasteiger partial charge in [0.2, 0.25) is 0 Å². The molecule has 1 aliphatic rings. The van der Waals surface area contributed by atoms with Crippen LogP contribution in [0.4, 0.5) is 0 Å². The highest BCUT2D eigenvalue weighted by molar-refractivity contribution is 9.10. The van der Waals surface area contributed by atoms with Crippen LogP contribution in [-0.2, 0) is 0 Å². The molecule has 0 aromatic heterocycles. The van der Waals surface area contributed by atoms with Gasteiger partial charge in [-0.15, -0.1) is 0 Å². The van der Waals surface area contributed by atoms with Gasteiger partial charge in [-0.25, -0.2) is 0 Å². The third-order valence-corrected chi connectivity index (χ3v) is 5.05. The van der Waals surface area contributed by atoms with E-state index < -0.39 is 0 Å². The van der Waals surface area contributed by atoms with Gasteiger partial charge in [0.25, 0.3) is 0 Å². The number of piperidine rings is 1. The molecule has 0 spiro atoms. The van der Waals surface area contributed by atoms with Gasteiger partial charge in [0, 0.05) is 17.1 Å². The van der Waals surface area contributed by atoms with Gasteiger partial charge in [-0.2, -0.15) is 0 Å². The minimum atomic E-state index is -0.366. The molecule has 0 amide bonds. The Balaban J connectivity index is 1.88. The topological polar surface area (TPSA) is 23.5 Å². The molecular weight excluding hydrogens is 314 g/mol. The Labute approximate surface area is 131 Å². The predicted octanol–water partition coefficient (Wildman–Crippen LogP) is 4.53. The van der Waals surface area contributed by atoms with Crippen molar-refractivity contribution in [3.8, 4) is 0 Å². The molecule has 2 rings (SSSR count). The first-order valence-corrected chi connectivity index (χ1v) is 8.68. The largest absolute Gasteiger partial charge is 0.388 e. The molecule has 1 heterocycles. The molecule has 2 atom stereocenters. The lowest BCUT2D eigenvalue weighted by molar-refractivity contribution is 0.0985. The second kappa shape index (κ2) is 8.16. The lowest BCUT2D eigenvalue weighted by Gasteiger charge is -2.36. The molecule has 2 unspecified atom stereocenters. The molecule has 0 bridgehead atoms. The van der Waals surface area contributed by atoms with Crippen LogP contribution in [0.3, 0.4) is 0 Å². The van der Waals surface area contributed by atoms with E-state index in [0.29, 0.717) is 0 Å². The lowest BCUT2D eigenvalue weighted by atomic mass is 9.97. The Kier molecular flexibility index (Phi) is 6.53. The van der Waals surface area contributed by atoms with Gasteiger partial charge in [0.15, 0.2) is 0 Å². The number of rotatable bonds is 6. The number of likely N-dealkylation sites (tertiary alicyclic amines) is 1. The van der Waals surface area contributed by atoms with Crippen LogP contribution in [0, 0.1) is 0 Å². The van der Waals surface area contributed by atoms with E-state index in [-0.39, 0.29) is 6.10 Å². The Bertz CT molecular complexity index is 408. The number of hydrogen-bond acceptors (Lipinski definition) is 2. The molecule has 1 aromatic rings. The molecule has 1 aliphatic heterocycles. The number of nitrogens with zero attached hydrogens (tertiary/aromatic N) is 1. The van der Waals surface area contributed by atoms with Crippen LogP contribution in [-0.4, -0.2) is 29.1 Å². The van der Waals surface area contributed by atoms with Crippen LogP contribution in [0.25, 0.3) is 0 Å². The van der Waals surface area contributed by atoms with Crippen LogP contribution in [0.15, 0.2) is 28.7 Å². The van der Waals surface area contributed by atoms with Crippen molar-refractivity contribution < 1.29 is 5.11 Å². The van der Waals surface area contributed by atoms with Crippen LogP contribution in [0.5, 0.6) is 0 Å². The second-order valence-electron chi connectivity index (χ2n) is 5.80.